The second kappa shape index (κ2) is 9.22. The minimum absolute atomic E-state index is 0.218. The predicted molar refractivity (Wildman–Crippen MR) is 104 cm³/mol. The van der Waals surface area contributed by atoms with Crippen LogP contribution in [-0.2, 0) is 4.79 Å². The zero-order chi connectivity index (χ0) is 18.4. The van der Waals surface area contributed by atoms with Crippen molar-refractivity contribution in [1.82, 2.24) is 4.90 Å². The molecular weight excluding hydrogens is 326 g/mol. The molecule has 4 heteroatoms. The summed E-state index contributed by atoms with van der Waals surface area (Å²) in [5, 5.41) is 8.79. The van der Waals surface area contributed by atoms with Crippen LogP contribution in [-0.4, -0.2) is 41.7 Å². The molecule has 1 fully saturated rings. The highest BCUT2D eigenvalue weighted by atomic mass is 16.5. The molecule has 3 rings (SSSR count). The van der Waals surface area contributed by atoms with E-state index >= 15 is 0 Å². The number of benzene rings is 1. The fourth-order valence-corrected chi connectivity index (χ4v) is 4.03. The maximum atomic E-state index is 10.7. The molecule has 1 aromatic carbocycles. The Morgan fingerprint density at radius 3 is 2.50 bits per heavy atom. The van der Waals surface area contributed by atoms with Crippen LogP contribution < -0.4 is 4.74 Å². The topological polar surface area (TPSA) is 49.8 Å². The molecular formula is C22H31NO3. The summed E-state index contributed by atoms with van der Waals surface area (Å²) in [7, 11) is 0. The Morgan fingerprint density at radius 1 is 1.19 bits per heavy atom. The Labute approximate surface area is 156 Å². The highest BCUT2D eigenvalue weighted by Crippen LogP contribution is 2.30. The zero-order valence-corrected chi connectivity index (χ0v) is 15.8. The summed E-state index contributed by atoms with van der Waals surface area (Å²) in [5.41, 5.74) is 2.61. The highest BCUT2D eigenvalue weighted by Gasteiger charge is 2.21. The Morgan fingerprint density at radius 2 is 1.92 bits per heavy atom. The molecule has 1 aliphatic carbocycles. The van der Waals surface area contributed by atoms with Gasteiger partial charge in [0.05, 0.1) is 12.5 Å². The zero-order valence-electron chi connectivity index (χ0n) is 15.8. The van der Waals surface area contributed by atoms with E-state index < -0.39 is 5.97 Å². The standard InChI is InChI=1S/C22H31NO3/c1-2-17-3-7-20(8-4-17)26-21-9-5-18(6-10-21)19-11-14-23(15-12-19)16-13-22(24)25/h5-6,9-11,17,20H,2-4,7-8,12-16H2,1H3,(H,24,25)/t17-,20-. The molecule has 1 heterocycles. The molecule has 4 nitrogen and oxygen atoms in total. The summed E-state index contributed by atoms with van der Waals surface area (Å²) in [6.07, 6.45) is 10.0. The van der Waals surface area contributed by atoms with E-state index in [2.05, 4.69) is 42.2 Å². The van der Waals surface area contributed by atoms with E-state index in [1.807, 2.05) is 0 Å². The van der Waals surface area contributed by atoms with E-state index in [-0.39, 0.29) is 6.42 Å². The molecule has 1 saturated carbocycles. The maximum Gasteiger partial charge on any atom is 0.304 e. The smallest absolute Gasteiger partial charge is 0.304 e. The number of rotatable bonds is 7. The number of carboxylic acids is 1. The van der Waals surface area contributed by atoms with Crippen molar-refractivity contribution >= 4 is 11.5 Å². The van der Waals surface area contributed by atoms with Crippen molar-refractivity contribution in [2.75, 3.05) is 19.6 Å². The van der Waals surface area contributed by atoms with Crippen LogP contribution in [0, 0.1) is 5.92 Å². The molecule has 0 spiro atoms. The van der Waals surface area contributed by atoms with Crippen LogP contribution in [0.4, 0.5) is 0 Å². The second-order valence-electron chi connectivity index (χ2n) is 7.62. The van der Waals surface area contributed by atoms with Crippen LogP contribution in [0.15, 0.2) is 30.3 Å². The molecule has 0 aromatic heterocycles. The van der Waals surface area contributed by atoms with Crippen molar-refractivity contribution in [3.63, 3.8) is 0 Å². The monoisotopic (exact) mass is 357 g/mol. The van der Waals surface area contributed by atoms with Gasteiger partial charge in [-0.15, -0.1) is 0 Å². The van der Waals surface area contributed by atoms with Gasteiger partial charge in [-0.25, -0.2) is 0 Å². The average Bonchev–Trinajstić information content (AvgIpc) is 2.68. The first-order valence-electron chi connectivity index (χ1n) is 10.0. The van der Waals surface area contributed by atoms with Gasteiger partial charge in [0.25, 0.3) is 0 Å². The quantitative estimate of drug-likeness (QED) is 0.775. The highest BCUT2D eigenvalue weighted by molar-refractivity contribution is 5.68. The maximum absolute atomic E-state index is 10.7. The number of hydrogen-bond donors (Lipinski definition) is 1. The lowest BCUT2D eigenvalue weighted by atomic mass is 9.86. The first-order valence-corrected chi connectivity index (χ1v) is 10.0. The number of nitrogens with zero attached hydrogens (tertiary/aromatic N) is 1. The molecule has 0 bridgehead atoms. The number of carbonyl (C=O) groups is 1. The average molecular weight is 357 g/mol. The minimum atomic E-state index is -0.724. The van der Waals surface area contributed by atoms with E-state index in [1.165, 1.54) is 43.2 Å². The van der Waals surface area contributed by atoms with Gasteiger partial charge >= 0.3 is 5.97 Å². The van der Waals surface area contributed by atoms with Gasteiger partial charge in [0.2, 0.25) is 0 Å². The predicted octanol–water partition coefficient (Wildman–Crippen LogP) is 4.60. The normalized spacial score (nSPS) is 24.1. The van der Waals surface area contributed by atoms with Crippen LogP contribution in [0.1, 0.15) is 57.4 Å². The number of hydrogen-bond acceptors (Lipinski definition) is 3. The van der Waals surface area contributed by atoms with Crippen LogP contribution in [0.5, 0.6) is 5.75 Å². The van der Waals surface area contributed by atoms with Gasteiger partial charge in [-0.3, -0.25) is 9.69 Å². The summed E-state index contributed by atoms with van der Waals surface area (Å²) in [5.74, 6) is 1.15. The second-order valence-corrected chi connectivity index (χ2v) is 7.62. The fourth-order valence-electron chi connectivity index (χ4n) is 4.03. The van der Waals surface area contributed by atoms with Gasteiger partial charge < -0.3 is 9.84 Å². The first kappa shape index (κ1) is 19.0. The Balaban J connectivity index is 1.49. The summed E-state index contributed by atoms with van der Waals surface area (Å²) in [6.45, 7) is 4.68. The Bertz CT molecular complexity index is 615. The van der Waals surface area contributed by atoms with Gasteiger partial charge in [0, 0.05) is 19.6 Å². The molecule has 2 aliphatic rings. The molecule has 1 aromatic rings. The third kappa shape index (κ3) is 5.34. The van der Waals surface area contributed by atoms with Crippen LogP contribution in [0.2, 0.25) is 0 Å². The van der Waals surface area contributed by atoms with Gasteiger partial charge in [-0.05, 0) is 61.3 Å². The van der Waals surface area contributed by atoms with Crippen molar-refractivity contribution in [2.24, 2.45) is 5.92 Å². The Kier molecular flexibility index (Phi) is 6.73. The van der Waals surface area contributed by atoms with E-state index in [9.17, 15) is 4.79 Å². The molecule has 26 heavy (non-hydrogen) atoms. The van der Waals surface area contributed by atoms with Crippen molar-refractivity contribution in [1.29, 1.82) is 0 Å². The Hall–Kier alpha value is -1.81. The summed E-state index contributed by atoms with van der Waals surface area (Å²) in [6, 6.07) is 8.51. The van der Waals surface area contributed by atoms with Crippen LogP contribution >= 0.6 is 0 Å². The summed E-state index contributed by atoms with van der Waals surface area (Å²) in [4.78, 5) is 12.9. The van der Waals surface area contributed by atoms with E-state index in [0.29, 0.717) is 12.6 Å². The molecule has 0 radical (unpaired) electrons. The third-order valence-electron chi connectivity index (χ3n) is 5.83. The van der Waals surface area contributed by atoms with E-state index in [4.69, 9.17) is 9.84 Å². The number of aliphatic carboxylic acids is 1. The molecule has 142 valence electrons. The largest absolute Gasteiger partial charge is 0.490 e. The summed E-state index contributed by atoms with van der Waals surface area (Å²) < 4.78 is 6.18. The lowest BCUT2D eigenvalue weighted by Crippen LogP contribution is -2.30. The van der Waals surface area contributed by atoms with Crippen molar-refractivity contribution < 1.29 is 14.6 Å². The van der Waals surface area contributed by atoms with Crippen LogP contribution in [0.3, 0.4) is 0 Å². The number of ether oxygens (including phenoxy) is 1. The molecule has 0 saturated heterocycles. The SMILES string of the molecule is CC[C@H]1CC[C@H](Oc2ccc(C3=CCN(CCC(=O)O)CC3)cc2)CC1. The lowest BCUT2D eigenvalue weighted by Gasteiger charge is -2.28. The van der Waals surface area contributed by atoms with Gasteiger partial charge in [-0.1, -0.05) is 31.6 Å². The van der Waals surface area contributed by atoms with Crippen molar-refractivity contribution in [3.05, 3.63) is 35.9 Å². The van der Waals surface area contributed by atoms with Gasteiger partial charge in [0.1, 0.15) is 5.75 Å². The molecule has 1 N–H and O–H groups in total. The molecule has 0 unspecified atom stereocenters. The van der Waals surface area contributed by atoms with Gasteiger partial charge in [0.15, 0.2) is 0 Å². The molecule has 0 atom stereocenters. The van der Waals surface area contributed by atoms with Crippen molar-refractivity contribution in [2.45, 2.75) is 58.0 Å². The van der Waals surface area contributed by atoms with Crippen molar-refractivity contribution in [3.8, 4) is 5.75 Å². The van der Waals surface area contributed by atoms with Crippen LogP contribution in [0.25, 0.3) is 5.57 Å². The number of carboxylic acid groups (broad SMARTS) is 1. The minimum Gasteiger partial charge on any atom is -0.490 e. The first-order chi connectivity index (χ1) is 12.6. The third-order valence-corrected chi connectivity index (χ3v) is 5.83. The van der Waals surface area contributed by atoms with E-state index in [0.717, 1.165) is 31.2 Å². The summed E-state index contributed by atoms with van der Waals surface area (Å²) >= 11 is 0. The van der Waals surface area contributed by atoms with E-state index in [1.54, 1.807) is 0 Å². The molecule has 1 aliphatic heterocycles. The van der Waals surface area contributed by atoms with Gasteiger partial charge in [-0.2, -0.15) is 0 Å². The lowest BCUT2D eigenvalue weighted by molar-refractivity contribution is -0.137. The molecule has 0 amide bonds. The fraction of sp³-hybridized carbons (Fsp3) is 0.591.